The van der Waals surface area contributed by atoms with Crippen LogP contribution < -0.4 is 10.6 Å². The molecule has 31 heavy (non-hydrogen) atoms. The van der Waals surface area contributed by atoms with E-state index in [1.165, 1.54) is 5.56 Å². The molecule has 0 saturated heterocycles. The zero-order valence-electron chi connectivity index (χ0n) is 17.7. The Morgan fingerprint density at radius 2 is 1.65 bits per heavy atom. The van der Waals surface area contributed by atoms with Crippen LogP contribution in [0.2, 0.25) is 0 Å². The summed E-state index contributed by atoms with van der Waals surface area (Å²) in [6.45, 7) is 3.53. The lowest BCUT2D eigenvalue weighted by Gasteiger charge is -2.11. The van der Waals surface area contributed by atoms with Gasteiger partial charge in [0.1, 0.15) is 6.54 Å². The minimum atomic E-state index is -0.684. The highest BCUT2D eigenvalue weighted by molar-refractivity contribution is 6.00. The molecule has 3 aromatic carbocycles. The van der Waals surface area contributed by atoms with Crippen molar-refractivity contribution >= 4 is 34.2 Å². The Bertz CT molecular complexity index is 1080. The van der Waals surface area contributed by atoms with E-state index in [0.29, 0.717) is 17.2 Å². The lowest BCUT2D eigenvalue weighted by Crippen LogP contribution is -2.32. The van der Waals surface area contributed by atoms with Crippen molar-refractivity contribution in [3.63, 3.8) is 0 Å². The lowest BCUT2D eigenvalue weighted by molar-refractivity contribution is -0.146. The van der Waals surface area contributed by atoms with Gasteiger partial charge in [0.15, 0.2) is 6.61 Å². The van der Waals surface area contributed by atoms with Crippen LogP contribution in [0.5, 0.6) is 0 Å². The smallest absolute Gasteiger partial charge is 0.325 e. The number of carbonyl (C=O) groups excluding carboxylic acids is 3. The maximum atomic E-state index is 12.3. The Morgan fingerprint density at radius 3 is 2.35 bits per heavy atom. The molecule has 0 aromatic heterocycles. The van der Waals surface area contributed by atoms with Crippen molar-refractivity contribution in [3.05, 3.63) is 77.9 Å². The predicted octanol–water partition coefficient (Wildman–Crippen LogP) is 4.27. The quantitative estimate of drug-likeness (QED) is 0.535. The van der Waals surface area contributed by atoms with E-state index in [1.807, 2.05) is 54.6 Å². The van der Waals surface area contributed by atoms with E-state index in [1.54, 1.807) is 12.1 Å². The summed E-state index contributed by atoms with van der Waals surface area (Å²) in [6.07, 6.45) is 1.04. The van der Waals surface area contributed by atoms with Gasteiger partial charge in [-0.2, -0.15) is 0 Å². The van der Waals surface area contributed by atoms with Crippen LogP contribution in [0.15, 0.2) is 66.7 Å². The number of nitrogens with one attached hydrogen (secondary N) is 2. The van der Waals surface area contributed by atoms with Crippen LogP contribution in [0, 0.1) is 0 Å². The molecular formula is C25H26N2O4. The molecule has 0 bridgehead atoms. The number of ether oxygens (including phenoxy) is 1. The number of anilines is 1. The molecule has 0 aliphatic rings. The molecule has 6 nitrogen and oxygen atoms in total. The maximum absolute atomic E-state index is 12.3. The van der Waals surface area contributed by atoms with Crippen molar-refractivity contribution in [1.82, 2.24) is 5.32 Å². The number of fused-ring (bicyclic) bond motifs is 1. The van der Waals surface area contributed by atoms with Crippen LogP contribution in [-0.4, -0.2) is 30.9 Å². The van der Waals surface area contributed by atoms with Gasteiger partial charge in [-0.1, -0.05) is 56.3 Å². The molecule has 3 rings (SSSR count). The number of hydrogen-bond acceptors (Lipinski definition) is 4. The standard InChI is InChI=1S/C25H26N2O4/c1-3-17(2)18-10-12-22(13-11-18)27-23(28)16-31-24(29)15-26-25(30)21-9-8-19-6-4-5-7-20(19)14-21/h4-14,17H,3,15-16H2,1-2H3,(H,26,30)(H,27,28)/t17-/m0/s1. The first-order valence-corrected chi connectivity index (χ1v) is 10.3. The number of benzene rings is 3. The first kappa shape index (κ1) is 22.0. The zero-order chi connectivity index (χ0) is 22.2. The van der Waals surface area contributed by atoms with Crippen LogP contribution in [0.4, 0.5) is 5.69 Å². The summed E-state index contributed by atoms with van der Waals surface area (Å²) < 4.78 is 4.95. The van der Waals surface area contributed by atoms with E-state index in [2.05, 4.69) is 24.5 Å². The van der Waals surface area contributed by atoms with Crippen LogP contribution in [0.25, 0.3) is 10.8 Å². The van der Waals surface area contributed by atoms with Gasteiger partial charge in [0.05, 0.1) is 0 Å². The number of amides is 2. The van der Waals surface area contributed by atoms with Crippen molar-refractivity contribution in [1.29, 1.82) is 0 Å². The molecule has 0 fully saturated rings. The highest BCUT2D eigenvalue weighted by atomic mass is 16.5. The Balaban J connectivity index is 1.42. The Labute approximate surface area is 181 Å². The van der Waals surface area contributed by atoms with Gasteiger partial charge in [-0.15, -0.1) is 0 Å². The van der Waals surface area contributed by atoms with Crippen LogP contribution in [0.3, 0.4) is 0 Å². The summed E-state index contributed by atoms with van der Waals surface area (Å²) in [6, 6.07) is 20.6. The second-order valence-corrected chi connectivity index (χ2v) is 7.38. The van der Waals surface area contributed by atoms with E-state index in [4.69, 9.17) is 4.74 Å². The van der Waals surface area contributed by atoms with Gasteiger partial charge in [-0.25, -0.2) is 0 Å². The van der Waals surface area contributed by atoms with E-state index >= 15 is 0 Å². The van der Waals surface area contributed by atoms with Gasteiger partial charge < -0.3 is 15.4 Å². The Morgan fingerprint density at radius 1 is 0.935 bits per heavy atom. The largest absolute Gasteiger partial charge is 0.454 e. The highest BCUT2D eigenvalue weighted by Crippen LogP contribution is 2.20. The third-order valence-corrected chi connectivity index (χ3v) is 5.15. The van der Waals surface area contributed by atoms with Gasteiger partial charge in [-0.3, -0.25) is 14.4 Å². The minimum absolute atomic E-state index is 0.317. The molecule has 0 heterocycles. The number of esters is 1. The fraction of sp³-hybridized carbons (Fsp3) is 0.240. The molecular weight excluding hydrogens is 392 g/mol. The van der Waals surface area contributed by atoms with E-state index < -0.39 is 18.5 Å². The third kappa shape index (κ3) is 6.15. The predicted molar refractivity (Wildman–Crippen MR) is 121 cm³/mol. The fourth-order valence-electron chi connectivity index (χ4n) is 3.11. The number of carbonyl (C=O) groups is 3. The average molecular weight is 418 g/mol. The molecule has 0 radical (unpaired) electrons. The zero-order valence-corrected chi connectivity index (χ0v) is 17.7. The van der Waals surface area contributed by atoms with E-state index in [0.717, 1.165) is 17.2 Å². The van der Waals surface area contributed by atoms with Crippen molar-refractivity contribution < 1.29 is 19.1 Å². The molecule has 3 aromatic rings. The van der Waals surface area contributed by atoms with Crippen molar-refractivity contribution in [2.45, 2.75) is 26.2 Å². The molecule has 0 aliphatic carbocycles. The molecule has 2 amide bonds. The first-order valence-electron chi connectivity index (χ1n) is 10.3. The highest BCUT2D eigenvalue weighted by Gasteiger charge is 2.12. The molecule has 2 N–H and O–H groups in total. The van der Waals surface area contributed by atoms with Crippen LogP contribution in [-0.2, 0) is 14.3 Å². The molecule has 0 aliphatic heterocycles. The van der Waals surface area contributed by atoms with Crippen molar-refractivity contribution in [2.75, 3.05) is 18.5 Å². The second kappa shape index (κ2) is 10.4. The monoisotopic (exact) mass is 418 g/mol. The second-order valence-electron chi connectivity index (χ2n) is 7.38. The number of hydrogen-bond donors (Lipinski definition) is 2. The maximum Gasteiger partial charge on any atom is 0.325 e. The van der Waals surface area contributed by atoms with Crippen molar-refractivity contribution in [2.24, 2.45) is 0 Å². The normalized spacial score (nSPS) is 11.5. The van der Waals surface area contributed by atoms with E-state index in [-0.39, 0.29) is 12.5 Å². The summed E-state index contributed by atoms with van der Waals surface area (Å²) in [5.41, 5.74) is 2.29. The molecule has 0 saturated carbocycles. The van der Waals surface area contributed by atoms with Crippen LogP contribution in [0.1, 0.15) is 42.1 Å². The van der Waals surface area contributed by atoms with Crippen molar-refractivity contribution in [3.8, 4) is 0 Å². The minimum Gasteiger partial charge on any atom is -0.454 e. The molecule has 1 atom stereocenters. The summed E-state index contributed by atoms with van der Waals surface area (Å²) >= 11 is 0. The fourth-order valence-corrected chi connectivity index (χ4v) is 3.11. The van der Waals surface area contributed by atoms with Gasteiger partial charge >= 0.3 is 5.97 Å². The van der Waals surface area contributed by atoms with Gasteiger partial charge in [-0.05, 0) is 52.9 Å². The first-order chi connectivity index (χ1) is 15.0. The van der Waals surface area contributed by atoms with Gasteiger partial charge in [0.2, 0.25) is 0 Å². The Hall–Kier alpha value is -3.67. The third-order valence-electron chi connectivity index (χ3n) is 5.15. The molecule has 0 spiro atoms. The van der Waals surface area contributed by atoms with Gasteiger partial charge in [0.25, 0.3) is 11.8 Å². The van der Waals surface area contributed by atoms with Crippen LogP contribution >= 0.6 is 0 Å². The summed E-state index contributed by atoms with van der Waals surface area (Å²) in [5.74, 6) is -1.05. The topological polar surface area (TPSA) is 84.5 Å². The summed E-state index contributed by atoms with van der Waals surface area (Å²) in [4.78, 5) is 36.2. The molecule has 6 heteroatoms. The molecule has 0 unspecified atom stereocenters. The summed E-state index contributed by atoms with van der Waals surface area (Å²) in [5, 5.41) is 7.16. The average Bonchev–Trinajstić information content (AvgIpc) is 2.80. The van der Waals surface area contributed by atoms with Gasteiger partial charge in [0, 0.05) is 11.3 Å². The SMILES string of the molecule is CC[C@H](C)c1ccc(NC(=O)COC(=O)CNC(=O)c2ccc3ccccc3c2)cc1. The molecule has 160 valence electrons. The lowest BCUT2D eigenvalue weighted by atomic mass is 9.99. The Kier molecular flexibility index (Phi) is 7.38. The number of rotatable bonds is 8. The van der Waals surface area contributed by atoms with E-state index in [9.17, 15) is 14.4 Å². The summed E-state index contributed by atoms with van der Waals surface area (Å²) in [7, 11) is 0.